The van der Waals surface area contributed by atoms with Gasteiger partial charge < -0.3 is 15.1 Å². The molecular weight excluding hydrogens is 314 g/mol. The quantitative estimate of drug-likeness (QED) is 0.919. The summed E-state index contributed by atoms with van der Waals surface area (Å²) in [6.45, 7) is 7.50. The molecule has 0 aromatic heterocycles. The van der Waals surface area contributed by atoms with E-state index in [0.29, 0.717) is 0 Å². The lowest BCUT2D eigenvalue weighted by atomic mass is 9.96. The number of allylic oxidation sites excluding steroid dienone is 1. The molecule has 1 N–H and O–H groups in total. The number of nitrogens with zero attached hydrogens (tertiary/aromatic N) is 2. The summed E-state index contributed by atoms with van der Waals surface area (Å²) in [6, 6.07) is 6.09. The lowest BCUT2D eigenvalue weighted by molar-refractivity contribution is -0.121. The molecule has 1 saturated heterocycles. The highest BCUT2D eigenvalue weighted by molar-refractivity contribution is 5.97. The van der Waals surface area contributed by atoms with Gasteiger partial charge in [0, 0.05) is 43.3 Å². The monoisotopic (exact) mass is 341 g/mol. The number of carbonyl (C=O) groups is 2. The highest BCUT2D eigenvalue weighted by Gasteiger charge is 2.29. The van der Waals surface area contributed by atoms with Crippen LogP contribution in [0.3, 0.4) is 0 Å². The van der Waals surface area contributed by atoms with Gasteiger partial charge in [0.2, 0.25) is 11.8 Å². The fourth-order valence-corrected chi connectivity index (χ4v) is 3.93. The van der Waals surface area contributed by atoms with Gasteiger partial charge in [-0.25, -0.2) is 0 Å². The van der Waals surface area contributed by atoms with E-state index in [4.69, 9.17) is 0 Å². The molecule has 5 heteroatoms. The zero-order chi connectivity index (χ0) is 18.0. The van der Waals surface area contributed by atoms with E-state index in [9.17, 15) is 9.59 Å². The fourth-order valence-electron chi connectivity index (χ4n) is 3.93. The first-order valence-electron chi connectivity index (χ1n) is 9.10. The topological polar surface area (TPSA) is 52.7 Å². The summed E-state index contributed by atoms with van der Waals surface area (Å²) in [4.78, 5) is 28.6. The lowest BCUT2D eigenvalue weighted by Gasteiger charge is -2.30. The Morgan fingerprint density at radius 3 is 2.60 bits per heavy atom. The van der Waals surface area contributed by atoms with Gasteiger partial charge in [-0.3, -0.25) is 9.59 Å². The Labute approximate surface area is 149 Å². The third-order valence-corrected chi connectivity index (χ3v) is 5.17. The van der Waals surface area contributed by atoms with E-state index in [2.05, 4.69) is 23.3 Å². The van der Waals surface area contributed by atoms with Crippen LogP contribution in [0.15, 0.2) is 30.5 Å². The van der Waals surface area contributed by atoms with Crippen molar-refractivity contribution in [3.05, 3.63) is 36.0 Å². The third-order valence-electron chi connectivity index (χ3n) is 5.17. The largest absolute Gasteiger partial charge is 0.378 e. The zero-order valence-electron chi connectivity index (χ0n) is 15.3. The third kappa shape index (κ3) is 3.70. The molecule has 1 aromatic carbocycles. The maximum atomic E-state index is 12.6. The second kappa shape index (κ2) is 7.30. The van der Waals surface area contributed by atoms with Crippen LogP contribution in [0.1, 0.15) is 39.2 Å². The predicted octanol–water partition coefficient (Wildman–Crippen LogP) is 3.17. The predicted molar refractivity (Wildman–Crippen MR) is 101 cm³/mol. The van der Waals surface area contributed by atoms with E-state index in [1.807, 2.05) is 36.1 Å². The number of nitrogens with one attached hydrogen (secondary N) is 1. The highest BCUT2D eigenvalue weighted by Crippen LogP contribution is 2.34. The molecular formula is C20H27N3O2. The van der Waals surface area contributed by atoms with Crippen molar-refractivity contribution < 1.29 is 9.59 Å². The number of hydrogen-bond donors (Lipinski definition) is 1. The number of rotatable bonds is 3. The van der Waals surface area contributed by atoms with Crippen LogP contribution < -0.4 is 10.2 Å². The molecule has 1 fully saturated rings. The van der Waals surface area contributed by atoms with Gasteiger partial charge in [-0.05, 0) is 57.0 Å². The first-order valence-corrected chi connectivity index (χ1v) is 9.10. The molecule has 0 aliphatic carbocycles. The molecule has 0 radical (unpaired) electrons. The number of carbonyl (C=O) groups excluding carboxylic acids is 2. The van der Waals surface area contributed by atoms with Crippen molar-refractivity contribution in [2.75, 3.05) is 23.3 Å². The number of likely N-dealkylation sites (tertiary alicyclic amines) is 1. The van der Waals surface area contributed by atoms with Gasteiger partial charge in [-0.15, -0.1) is 0 Å². The van der Waals surface area contributed by atoms with Crippen molar-refractivity contribution >= 4 is 23.2 Å². The SMILES string of the molecule is C/C=C/N1CCC(C(=O)Nc2ccc3c(c2)N(C(C)=O)C(C)C3)CC1. The first-order chi connectivity index (χ1) is 12.0. The lowest BCUT2D eigenvalue weighted by Crippen LogP contribution is -2.35. The Kier molecular flexibility index (Phi) is 5.11. The summed E-state index contributed by atoms with van der Waals surface area (Å²) in [6.07, 6.45) is 6.74. The number of piperidine rings is 1. The average molecular weight is 341 g/mol. The van der Waals surface area contributed by atoms with Crippen LogP contribution in [0, 0.1) is 5.92 Å². The Bertz CT molecular complexity index is 690. The summed E-state index contributed by atoms with van der Waals surface area (Å²) >= 11 is 0. The van der Waals surface area contributed by atoms with Crippen molar-refractivity contribution in [1.82, 2.24) is 4.90 Å². The summed E-state index contributed by atoms with van der Waals surface area (Å²) in [5, 5.41) is 3.05. The summed E-state index contributed by atoms with van der Waals surface area (Å²) in [7, 11) is 0. The number of amides is 2. The van der Waals surface area contributed by atoms with Crippen LogP contribution in [0.2, 0.25) is 0 Å². The molecule has 0 saturated carbocycles. The summed E-state index contributed by atoms with van der Waals surface area (Å²) in [5.41, 5.74) is 2.88. The molecule has 0 bridgehead atoms. The second-order valence-corrected chi connectivity index (χ2v) is 7.07. The van der Waals surface area contributed by atoms with Crippen molar-refractivity contribution in [2.45, 2.75) is 46.1 Å². The maximum absolute atomic E-state index is 12.6. The molecule has 3 rings (SSSR count). The van der Waals surface area contributed by atoms with Crippen molar-refractivity contribution in [1.29, 1.82) is 0 Å². The van der Waals surface area contributed by atoms with Crippen molar-refractivity contribution in [3.8, 4) is 0 Å². The van der Waals surface area contributed by atoms with E-state index >= 15 is 0 Å². The summed E-state index contributed by atoms with van der Waals surface area (Å²) < 4.78 is 0. The molecule has 2 amide bonds. The minimum atomic E-state index is 0.0473. The molecule has 2 heterocycles. The fraction of sp³-hybridized carbons (Fsp3) is 0.500. The van der Waals surface area contributed by atoms with E-state index in [1.54, 1.807) is 6.92 Å². The molecule has 0 spiro atoms. The maximum Gasteiger partial charge on any atom is 0.227 e. The smallest absolute Gasteiger partial charge is 0.227 e. The molecule has 1 unspecified atom stereocenters. The molecule has 25 heavy (non-hydrogen) atoms. The zero-order valence-corrected chi connectivity index (χ0v) is 15.3. The van der Waals surface area contributed by atoms with Gasteiger partial charge in [0.25, 0.3) is 0 Å². The minimum Gasteiger partial charge on any atom is -0.378 e. The standard InChI is InChI=1S/C20H27N3O2/c1-4-9-22-10-7-16(8-11-22)20(25)21-18-6-5-17-12-14(2)23(15(3)24)19(17)13-18/h4-6,9,13-14,16H,7-8,10-12H2,1-3H3,(H,21,25)/b9-4+. The van der Waals surface area contributed by atoms with Crippen LogP contribution in [0.25, 0.3) is 0 Å². The normalized spacial score (nSPS) is 20.8. The van der Waals surface area contributed by atoms with Crippen molar-refractivity contribution in [3.63, 3.8) is 0 Å². The summed E-state index contributed by atoms with van der Waals surface area (Å²) in [5.74, 6) is 0.184. The van der Waals surface area contributed by atoms with Crippen LogP contribution in [-0.2, 0) is 16.0 Å². The van der Waals surface area contributed by atoms with E-state index in [-0.39, 0.29) is 23.8 Å². The van der Waals surface area contributed by atoms with Crippen molar-refractivity contribution in [2.24, 2.45) is 5.92 Å². The van der Waals surface area contributed by atoms with Gasteiger partial charge in [0.1, 0.15) is 0 Å². The van der Waals surface area contributed by atoms with E-state index in [1.165, 1.54) is 5.56 Å². The average Bonchev–Trinajstić information content (AvgIpc) is 2.91. The number of fused-ring (bicyclic) bond motifs is 1. The number of benzene rings is 1. The van der Waals surface area contributed by atoms with Crippen LogP contribution >= 0.6 is 0 Å². The molecule has 5 nitrogen and oxygen atoms in total. The minimum absolute atomic E-state index is 0.0473. The van der Waals surface area contributed by atoms with Gasteiger partial charge >= 0.3 is 0 Å². The molecule has 2 aliphatic rings. The number of anilines is 2. The molecule has 1 aromatic rings. The Morgan fingerprint density at radius 1 is 1.24 bits per heavy atom. The van der Waals surface area contributed by atoms with E-state index < -0.39 is 0 Å². The Balaban J connectivity index is 1.66. The molecule has 2 aliphatic heterocycles. The van der Waals surface area contributed by atoms with Gasteiger partial charge in [0.15, 0.2) is 0 Å². The van der Waals surface area contributed by atoms with Gasteiger partial charge in [0.05, 0.1) is 0 Å². The molecule has 1 atom stereocenters. The second-order valence-electron chi connectivity index (χ2n) is 7.07. The van der Waals surface area contributed by atoms with Crippen LogP contribution in [-0.4, -0.2) is 35.8 Å². The first kappa shape index (κ1) is 17.5. The molecule has 134 valence electrons. The van der Waals surface area contributed by atoms with Crippen LogP contribution in [0.5, 0.6) is 0 Å². The van der Waals surface area contributed by atoms with E-state index in [0.717, 1.165) is 43.7 Å². The van der Waals surface area contributed by atoms with Gasteiger partial charge in [-0.2, -0.15) is 0 Å². The Hall–Kier alpha value is -2.30. The Morgan fingerprint density at radius 2 is 1.96 bits per heavy atom. The highest BCUT2D eigenvalue weighted by atomic mass is 16.2. The van der Waals surface area contributed by atoms with Crippen LogP contribution in [0.4, 0.5) is 11.4 Å². The number of hydrogen-bond acceptors (Lipinski definition) is 3. The van der Waals surface area contributed by atoms with Gasteiger partial charge in [-0.1, -0.05) is 12.1 Å².